The highest BCUT2D eigenvalue weighted by Gasteiger charge is 2.31. The van der Waals surface area contributed by atoms with Crippen molar-refractivity contribution >= 4 is 11.9 Å². The number of hydrogen-bond acceptors (Lipinski definition) is 5. The summed E-state index contributed by atoms with van der Waals surface area (Å²) in [6, 6.07) is 1.75. The molecule has 5 heteroatoms. The third-order valence-electron chi connectivity index (χ3n) is 3.36. The van der Waals surface area contributed by atoms with Crippen LogP contribution in [-0.2, 0) is 15.9 Å². The fraction of sp³-hybridized carbons (Fsp3) is 0.533. The van der Waals surface area contributed by atoms with Gasteiger partial charge < -0.3 is 9.47 Å². The summed E-state index contributed by atoms with van der Waals surface area (Å²) in [4.78, 5) is 28.2. The number of aromatic nitrogens is 1. The molecule has 0 amide bonds. The summed E-state index contributed by atoms with van der Waals surface area (Å²) in [6.07, 6.45) is 2.59. The van der Waals surface area contributed by atoms with Crippen molar-refractivity contribution in [1.29, 1.82) is 0 Å². The van der Waals surface area contributed by atoms with Crippen LogP contribution in [0.1, 0.15) is 64.7 Å². The highest BCUT2D eigenvalue weighted by atomic mass is 16.5. The molecule has 1 fully saturated rings. The molecule has 0 bridgehead atoms. The summed E-state index contributed by atoms with van der Waals surface area (Å²) in [6.45, 7) is 3.96. The number of carbonyl (C=O) groups is 2. The second kappa shape index (κ2) is 6.03. The Morgan fingerprint density at radius 3 is 2.50 bits per heavy atom. The zero-order valence-corrected chi connectivity index (χ0v) is 12.1. The highest BCUT2D eigenvalue weighted by Crippen LogP contribution is 2.42. The average Bonchev–Trinajstić information content (AvgIpc) is 3.29. The molecule has 1 saturated carbocycles. The molecule has 0 spiro atoms. The third-order valence-corrected chi connectivity index (χ3v) is 3.36. The molecule has 1 aromatic heterocycles. The minimum absolute atomic E-state index is 0.302. The van der Waals surface area contributed by atoms with E-state index in [1.807, 2.05) is 6.92 Å². The SMILES string of the molecule is CCOC(=O)c1nc(CC)c(C(=O)OC)cc1C1CC1. The molecular weight excluding hydrogens is 258 g/mol. The first kappa shape index (κ1) is 14.5. The standard InChI is InChI=1S/C15H19NO4/c1-4-12-11(14(17)19-3)8-10(9-6-7-9)13(16-12)15(18)20-5-2/h8-9H,4-7H2,1-3H3. The molecule has 0 unspecified atom stereocenters. The smallest absolute Gasteiger partial charge is 0.357 e. The van der Waals surface area contributed by atoms with E-state index < -0.39 is 11.9 Å². The normalized spacial score (nSPS) is 13.9. The molecule has 1 aliphatic carbocycles. The Morgan fingerprint density at radius 1 is 1.30 bits per heavy atom. The number of hydrogen-bond donors (Lipinski definition) is 0. The van der Waals surface area contributed by atoms with E-state index in [2.05, 4.69) is 4.98 Å². The van der Waals surface area contributed by atoms with Crippen molar-refractivity contribution in [2.24, 2.45) is 0 Å². The zero-order chi connectivity index (χ0) is 14.7. The molecule has 108 valence electrons. The number of rotatable bonds is 5. The van der Waals surface area contributed by atoms with E-state index in [4.69, 9.17) is 9.47 Å². The van der Waals surface area contributed by atoms with Crippen LogP contribution in [0.15, 0.2) is 6.07 Å². The van der Waals surface area contributed by atoms with Crippen LogP contribution in [0, 0.1) is 0 Å². The molecule has 0 saturated heterocycles. The Kier molecular flexibility index (Phi) is 4.37. The van der Waals surface area contributed by atoms with E-state index in [-0.39, 0.29) is 0 Å². The van der Waals surface area contributed by atoms with Crippen LogP contribution in [0.4, 0.5) is 0 Å². The highest BCUT2D eigenvalue weighted by molar-refractivity contribution is 5.94. The summed E-state index contributed by atoms with van der Waals surface area (Å²) in [5, 5.41) is 0. The quantitative estimate of drug-likeness (QED) is 0.774. The van der Waals surface area contributed by atoms with Gasteiger partial charge in [0.25, 0.3) is 0 Å². The molecule has 1 heterocycles. The van der Waals surface area contributed by atoms with Gasteiger partial charge in [-0.25, -0.2) is 14.6 Å². The molecule has 5 nitrogen and oxygen atoms in total. The van der Waals surface area contributed by atoms with Crippen molar-refractivity contribution in [1.82, 2.24) is 4.98 Å². The lowest BCUT2D eigenvalue weighted by molar-refractivity contribution is 0.0514. The maximum absolute atomic E-state index is 12.0. The maximum Gasteiger partial charge on any atom is 0.357 e. The number of nitrogens with zero attached hydrogens (tertiary/aromatic N) is 1. The largest absolute Gasteiger partial charge is 0.465 e. The van der Waals surface area contributed by atoms with E-state index >= 15 is 0 Å². The van der Waals surface area contributed by atoms with Gasteiger partial charge >= 0.3 is 11.9 Å². The van der Waals surface area contributed by atoms with Crippen LogP contribution >= 0.6 is 0 Å². The fourth-order valence-corrected chi connectivity index (χ4v) is 2.19. The molecule has 1 aromatic rings. The van der Waals surface area contributed by atoms with Gasteiger partial charge in [0.05, 0.1) is 25.0 Å². The van der Waals surface area contributed by atoms with Crippen LogP contribution in [0.5, 0.6) is 0 Å². The minimum Gasteiger partial charge on any atom is -0.465 e. The average molecular weight is 277 g/mol. The lowest BCUT2D eigenvalue weighted by Crippen LogP contribution is -2.16. The van der Waals surface area contributed by atoms with E-state index in [1.165, 1.54) is 7.11 Å². The second-order valence-corrected chi connectivity index (χ2v) is 4.76. The van der Waals surface area contributed by atoms with Crippen molar-refractivity contribution < 1.29 is 19.1 Å². The lowest BCUT2D eigenvalue weighted by atomic mass is 10.0. The predicted octanol–water partition coefficient (Wildman–Crippen LogP) is 2.48. The Labute approximate surface area is 118 Å². The Hall–Kier alpha value is -1.91. The number of methoxy groups -OCH3 is 1. The van der Waals surface area contributed by atoms with Gasteiger partial charge in [0.2, 0.25) is 0 Å². The summed E-state index contributed by atoms with van der Waals surface area (Å²) in [5.41, 5.74) is 2.18. The topological polar surface area (TPSA) is 65.5 Å². The van der Waals surface area contributed by atoms with Crippen molar-refractivity contribution in [2.45, 2.75) is 39.0 Å². The Morgan fingerprint density at radius 2 is 2.00 bits per heavy atom. The van der Waals surface area contributed by atoms with Gasteiger partial charge in [-0.05, 0) is 43.7 Å². The first-order valence-electron chi connectivity index (χ1n) is 6.91. The summed E-state index contributed by atoms with van der Waals surface area (Å²) in [7, 11) is 1.35. The van der Waals surface area contributed by atoms with Crippen molar-refractivity contribution in [3.05, 3.63) is 28.6 Å². The summed E-state index contributed by atoms with van der Waals surface area (Å²) in [5.74, 6) is -0.525. The van der Waals surface area contributed by atoms with E-state index in [0.29, 0.717) is 35.9 Å². The van der Waals surface area contributed by atoms with Gasteiger partial charge in [0, 0.05) is 0 Å². The molecule has 0 aromatic carbocycles. The number of aryl methyl sites for hydroxylation is 1. The Balaban J connectivity index is 2.50. The fourth-order valence-electron chi connectivity index (χ4n) is 2.19. The van der Waals surface area contributed by atoms with Crippen LogP contribution < -0.4 is 0 Å². The van der Waals surface area contributed by atoms with Gasteiger partial charge in [-0.1, -0.05) is 6.92 Å². The van der Waals surface area contributed by atoms with E-state index in [0.717, 1.165) is 18.4 Å². The molecule has 0 radical (unpaired) electrons. The summed E-state index contributed by atoms with van der Waals surface area (Å²) >= 11 is 0. The zero-order valence-electron chi connectivity index (χ0n) is 12.1. The molecule has 20 heavy (non-hydrogen) atoms. The van der Waals surface area contributed by atoms with Gasteiger partial charge in [-0.3, -0.25) is 0 Å². The van der Waals surface area contributed by atoms with E-state index in [9.17, 15) is 9.59 Å². The number of ether oxygens (including phenoxy) is 2. The van der Waals surface area contributed by atoms with Crippen molar-refractivity contribution in [2.75, 3.05) is 13.7 Å². The molecule has 0 aliphatic heterocycles. The molecule has 2 rings (SSSR count). The number of esters is 2. The minimum atomic E-state index is -0.416. The molecule has 0 N–H and O–H groups in total. The van der Waals surface area contributed by atoms with Crippen LogP contribution in [0.25, 0.3) is 0 Å². The maximum atomic E-state index is 12.0. The predicted molar refractivity (Wildman–Crippen MR) is 72.9 cm³/mol. The van der Waals surface area contributed by atoms with Crippen LogP contribution in [0.2, 0.25) is 0 Å². The Bertz CT molecular complexity index is 535. The van der Waals surface area contributed by atoms with Crippen molar-refractivity contribution in [3.63, 3.8) is 0 Å². The van der Waals surface area contributed by atoms with E-state index in [1.54, 1.807) is 13.0 Å². The van der Waals surface area contributed by atoms with Crippen LogP contribution in [-0.4, -0.2) is 30.6 Å². The van der Waals surface area contributed by atoms with Gasteiger partial charge in [0.1, 0.15) is 0 Å². The molecule has 1 aliphatic rings. The monoisotopic (exact) mass is 277 g/mol. The second-order valence-electron chi connectivity index (χ2n) is 4.76. The number of pyridine rings is 1. The third kappa shape index (κ3) is 2.81. The van der Waals surface area contributed by atoms with Gasteiger partial charge in [0.15, 0.2) is 5.69 Å². The first-order chi connectivity index (χ1) is 9.62. The summed E-state index contributed by atoms with van der Waals surface area (Å²) < 4.78 is 9.84. The first-order valence-corrected chi connectivity index (χ1v) is 6.91. The molecule has 0 atom stereocenters. The van der Waals surface area contributed by atoms with Crippen LogP contribution in [0.3, 0.4) is 0 Å². The van der Waals surface area contributed by atoms with Gasteiger partial charge in [-0.2, -0.15) is 0 Å². The lowest BCUT2D eigenvalue weighted by Gasteiger charge is -2.12. The van der Waals surface area contributed by atoms with Crippen molar-refractivity contribution in [3.8, 4) is 0 Å². The molecular formula is C15H19NO4. The van der Waals surface area contributed by atoms with Gasteiger partial charge in [-0.15, -0.1) is 0 Å². The number of carbonyl (C=O) groups excluding carboxylic acids is 2.